The molecule has 8 heteroatoms. The third kappa shape index (κ3) is 4.92. The zero-order chi connectivity index (χ0) is 25.4. The van der Waals surface area contributed by atoms with E-state index in [1.54, 1.807) is 18.2 Å². The Bertz CT molecular complexity index is 1650. The fraction of sp³-hybridized carbons (Fsp3) is 0.179. The molecule has 6 nitrogen and oxygen atoms in total. The maximum Gasteiger partial charge on any atom is 0.264 e. The number of nitrogens with one attached hydrogen (secondary N) is 1. The largest absolute Gasteiger partial charge is 0.476 e. The van der Waals surface area contributed by atoms with Crippen LogP contribution in [0.1, 0.15) is 26.3 Å². The number of fused-ring (bicyclic) bond motifs is 2. The monoisotopic (exact) mass is 562 g/mol. The number of amides is 1. The number of halogens is 1. The van der Waals surface area contributed by atoms with Crippen molar-refractivity contribution in [3.63, 3.8) is 0 Å². The van der Waals surface area contributed by atoms with Crippen molar-refractivity contribution in [3.05, 3.63) is 87.0 Å². The molecule has 36 heavy (non-hydrogen) atoms. The molecule has 0 aliphatic rings. The van der Waals surface area contributed by atoms with Crippen LogP contribution in [0.5, 0.6) is 5.75 Å². The number of nitrogens with zero attached hydrogens (tertiary/aromatic N) is 1. The van der Waals surface area contributed by atoms with Gasteiger partial charge in [0.25, 0.3) is 5.91 Å². The number of para-hydroxylation sites is 1. The molecule has 0 fully saturated rings. The first-order valence-corrected chi connectivity index (χ1v) is 13.0. The first-order chi connectivity index (χ1) is 17.2. The van der Waals surface area contributed by atoms with Gasteiger partial charge in [-0.15, -0.1) is 0 Å². The maximum absolute atomic E-state index is 13.3. The minimum absolute atomic E-state index is 0.000545. The zero-order valence-corrected chi connectivity index (χ0v) is 22.3. The first-order valence-electron chi connectivity index (χ1n) is 11.3. The molecule has 1 amide bonds. The molecule has 2 heterocycles. The number of benzene rings is 3. The second-order valence-corrected chi connectivity index (χ2v) is 11.3. The van der Waals surface area contributed by atoms with Crippen molar-refractivity contribution in [2.24, 2.45) is 0 Å². The van der Waals surface area contributed by atoms with Crippen molar-refractivity contribution in [2.75, 3.05) is 11.9 Å². The lowest BCUT2D eigenvalue weighted by Crippen LogP contribution is -2.22. The average molecular weight is 563 g/mol. The molecule has 0 aliphatic carbocycles. The minimum atomic E-state index is -0.422. The summed E-state index contributed by atoms with van der Waals surface area (Å²) in [5.41, 5.74) is 2.73. The molecule has 0 spiro atoms. The van der Waals surface area contributed by atoms with Gasteiger partial charge in [-0.3, -0.25) is 14.9 Å². The van der Waals surface area contributed by atoms with Gasteiger partial charge >= 0.3 is 0 Å². The van der Waals surface area contributed by atoms with E-state index < -0.39 is 5.91 Å². The van der Waals surface area contributed by atoms with E-state index in [0.29, 0.717) is 21.7 Å². The summed E-state index contributed by atoms with van der Waals surface area (Å²) < 4.78 is 13.8. The lowest BCUT2D eigenvalue weighted by Gasteiger charge is -2.19. The van der Waals surface area contributed by atoms with Gasteiger partial charge in [-0.05, 0) is 41.3 Å². The summed E-state index contributed by atoms with van der Waals surface area (Å²) in [6.45, 7) is 6.04. The molecule has 0 aliphatic heterocycles. The minimum Gasteiger partial charge on any atom is -0.476 e. The smallest absolute Gasteiger partial charge is 0.264 e. The fourth-order valence-corrected chi connectivity index (χ4v) is 5.03. The predicted molar refractivity (Wildman–Crippen MR) is 148 cm³/mol. The van der Waals surface area contributed by atoms with E-state index in [0.717, 1.165) is 20.3 Å². The molecule has 0 bridgehead atoms. The molecule has 5 rings (SSSR count). The molecular weight excluding hydrogens is 540 g/mol. The number of carbonyl (C=O) groups excluding carboxylic acids is 1. The van der Waals surface area contributed by atoms with Crippen molar-refractivity contribution in [2.45, 2.75) is 26.2 Å². The number of hydrogen-bond acceptors (Lipinski definition) is 6. The van der Waals surface area contributed by atoms with Gasteiger partial charge < -0.3 is 9.15 Å². The van der Waals surface area contributed by atoms with E-state index in [1.807, 2.05) is 48.5 Å². The van der Waals surface area contributed by atoms with Gasteiger partial charge in [0.1, 0.15) is 5.58 Å². The maximum atomic E-state index is 13.3. The molecular formula is C28H23BrN2O4S. The second kappa shape index (κ2) is 9.52. The van der Waals surface area contributed by atoms with Crippen LogP contribution in [0.3, 0.4) is 0 Å². The second-order valence-electron chi connectivity index (χ2n) is 9.38. The number of anilines is 1. The first kappa shape index (κ1) is 24.2. The fourth-order valence-electron chi connectivity index (χ4n) is 3.81. The Morgan fingerprint density at radius 2 is 1.83 bits per heavy atom. The summed E-state index contributed by atoms with van der Waals surface area (Å²) in [5.74, 6) is -0.132. The van der Waals surface area contributed by atoms with Gasteiger partial charge in [0.2, 0.25) is 11.2 Å². The van der Waals surface area contributed by atoms with E-state index in [-0.39, 0.29) is 29.0 Å². The van der Waals surface area contributed by atoms with Crippen LogP contribution in [0, 0.1) is 0 Å². The van der Waals surface area contributed by atoms with Crippen LogP contribution in [0.2, 0.25) is 0 Å². The van der Waals surface area contributed by atoms with E-state index in [4.69, 9.17) is 9.15 Å². The molecule has 3 aromatic carbocycles. The summed E-state index contributed by atoms with van der Waals surface area (Å²) in [7, 11) is 0. The Morgan fingerprint density at radius 3 is 2.58 bits per heavy atom. The van der Waals surface area contributed by atoms with Crippen molar-refractivity contribution < 1.29 is 13.9 Å². The summed E-state index contributed by atoms with van der Waals surface area (Å²) in [4.78, 5) is 30.5. The van der Waals surface area contributed by atoms with Crippen molar-refractivity contribution in [1.29, 1.82) is 0 Å². The standard InChI is InChI=1S/C28H23BrN2O4S/c1-28(2,3)17-10-8-16(9-11-17)25-26(24(33)19-6-4-5-7-21(19)35-25)34-15-23(32)31-27-30-20-14-18(29)12-13-22(20)36-27/h4-14H,15H2,1-3H3,(H,30,31,32). The van der Waals surface area contributed by atoms with Crippen LogP contribution in [0.15, 0.2) is 80.4 Å². The zero-order valence-electron chi connectivity index (χ0n) is 19.9. The van der Waals surface area contributed by atoms with Crippen molar-refractivity contribution in [3.8, 4) is 17.1 Å². The molecule has 0 radical (unpaired) electrons. The van der Waals surface area contributed by atoms with Crippen LogP contribution < -0.4 is 15.5 Å². The van der Waals surface area contributed by atoms with Gasteiger partial charge in [0.05, 0.1) is 15.6 Å². The average Bonchev–Trinajstić information content (AvgIpc) is 3.24. The molecule has 182 valence electrons. The van der Waals surface area contributed by atoms with Gasteiger partial charge in [-0.1, -0.05) is 84.4 Å². The van der Waals surface area contributed by atoms with E-state index in [9.17, 15) is 9.59 Å². The highest BCUT2D eigenvalue weighted by Crippen LogP contribution is 2.33. The summed E-state index contributed by atoms with van der Waals surface area (Å²) in [5, 5.41) is 3.60. The Kier molecular flexibility index (Phi) is 6.40. The van der Waals surface area contributed by atoms with Crippen LogP contribution in [0.4, 0.5) is 5.13 Å². The predicted octanol–water partition coefficient (Wildman–Crippen LogP) is 7.15. The number of ether oxygens (including phenoxy) is 1. The third-order valence-electron chi connectivity index (χ3n) is 5.71. The van der Waals surface area contributed by atoms with Gasteiger partial charge in [0, 0.05) is 10.0 Å². The summed E-state index contributed by atoms with van der Waals surface area (Å²) in [6, 6.07) is 20.5. The van der Waals surface area contributed by atoms with Crippen molar-refractivity contribution in [1.82, 2.24) is 4.98 Å². The highest BCUT2D eigenvalue weighted by Gasteiger charge is 2.20. The number of thiazole rings is 1. The molecule has 0 atom stereocenters. The third-order valence-corrected chi connectivity index (χ3v) is 7.16. The van der Waals surface area contributed by atoms with Gasteiger partial charge in [0.15, 0.2) is 17.5 Å². The van der Waals surface area contributed by atoms with Crippen LogP contribution in [-0.2, 0) is 10.2 Å². The Hall–Kier alpha value is -3.49. The number of aromatic nitrogens is 1. The molecule has 0 unspecified atom stereocenters. The lowest BCUT2D eigenvalue weighted by atomic mass is 9.86. The Balaban J connectivity index is 1.44. The SMILES string of the molecule is CC(C)(C)c1ccc(-c2oc3ccccc3c(=O)c2OCC(=O)Nc2nc3cc(Br)ccc3s2)cc1. The quantitative estimate of drug-likeness (QED) is 0.246. The van der Waals surface area contributed by atoms with Crippen LogP contribution >= 0.6 is 27.3 Å². The summed E-state index contributed by atoms with van der Waals surface area (Å²) >= 11 is 4.79. The van der Waals surface area contributed by atoms with Crippen LogP contribution in [-0.4, -0.2) is 17.5 Å². The highest BCUT2D eigenvalue weighted by molar-refractivity contribution is 9.10. The molecule has 1 N–H and O–H groups in total. The molecule has 2 aromatic heterocycles. The van der Waals surface area contributed by atoms with E-state index in [2.05, 4.69) is 47.0 Å². The molecule has 0 saturated heterocycles. The lowest BCUT2D eigenvalue weighted by molar-refractivity contribution is -0.118. The number of rotatable bonds is 5. The highest BCUT2D eigenvalue weighted by atomic mass is 79.9. The normalized spacial score (nSPS) is 11.7. The Morgan fingerprint density at radius 1 is 1.08 bits per heavy atom. The van der Waals surface area contributed by atoms with Gasteiger partial charge in [-0.2, -0.15) is 0 Å². The Labute approximate surface area is 220 Å². The van der Waals surface area contributed by atoms with E-state index in [1.165, 1.54) is 11.3 Å². The topological polar surface area (TPSA) is 81.4 Å². The summed E-state index contributed by atoms with van der Waals surface area (Å²) in [6.07, 6.45) is 0. The number of carbonyl (C=O) groups is 1. The van der Waals surface area contributed by atoms with Gasteiger partial charge in [-0.25, -0.2) is 4.98 Å². The van der Waals surface area contributed by atoms with Crippen molar-refractivity contribution >= 4 is 59.5 Å². The number of hydrogen-bond donors (Lipinski definition) is 1. The van der Waals surface area contributed by atoms with E-state index >= 15 is 0 Å². The molecule has 0 saturated carbocycles. The molecule has 5 aromatic rings. The van der Waals surface area contributed by atoms with Crippen LogP contribution in [0.25, 0.3) is 32.5 Å².